The van der Waals surface area contributed by atoms with E-state index in [0.717, 1.165) is 18.4 Å². The molecule has 1 fully saturated rings. The van der Waals surface area contributed by atoms with Crippen LogP contribution in [-0.2, 0) is 11.3 Å². The molecule has 0 aliphatic carbocycles. The van der Waals surface area contributed by atoms with Gasteiger partial charge in [0.15, 0.2) is 0 Å². The van der Waals surface area contributed by atoms with Crippen molar-refractivity contribution in [3.63, 3.8) is 0 Å². The van der Waals surface area contributed by atoms with E-state index in [4.69, 9.17) is 4.74 Å². The molecule has 0 N–H and O–H groups in total. The van der Waals surface area contributed by atoms with Gasteiger partial charge in [0.05, 0.1) is 11.0 Å². The number of nitrogens with zero attached hydrogens (tertiary/aromatic N) is 2. The highest BCUT2D eigenvalue weighted by molar-refractivity contribution is 5.98. The molecule has 6 nitrogen and oxygen atoms in total. The van der Waals surface area contributed by atoms with Gasteiger partial charge in [-0.2, -0.15) is 0 Å². The van der Waals surface area contributed by atoms with E-state index in [0.29, 0.717) is 13.2 Å². The maximum atomic E-state index is 13.1. The van der Waals surface area contributed by atoms with Gasteiger partial charge in [-0.15, -0.1) is 0 Å². The average molecular weight is 358 g/mol. The van der Waals surface area contributed by atoms with Gasteiger partial charge in [-0.25, -0.2) is 4.39 Å². The topological polar surface area (TPSA) is 72.7 Å². The van der Waals surface area contributed by atoms with Crippen LogP contribution in [0.25, 0.3) is 0 Å². The Kier molecular flexibility index (Phi) is 5.58. The van der Waals surface area contributed by atoms with Gasteiger partial charge in [0, 0.05) is 25.8 Å². The number of hydrogen-bond acceptors (Lipinski definition) is 4. The highest BCUT2D eigenvalue weighted by Crippen LogP contribution is 2.22. The molecule has 1 aliphatic heterocycles. The predicted molar refractivity (Wildman–Crippen MR) is 93.2 cm³/mol. The number of nitro benzene ring substituents is 1. The second kappa shape index (κ2) is 8.05. The molecular weight excluding hydrogens is 339 g/mol. The zero-order valence-corrected chi connectivity index (χ0v) is 14.1. The molecule has 2 aromatic carbocycles. The van der Waals surface area contributed by atoms with Crippen LogP contribution < -0.4 is 0 Å². The van der Waals surface area contributed by atoms with Crippen molar-refractivity contribution in [1.29, 1.82) is 0 Å². The molecule has 0 saturated carbocycles. The van der Waals surface area contributed by atoms with Crippen molar-refractivity contribution in [1.82, 2.24) is 4.90 Å². The molecule has 7 heteroatoms. The second-order valence-corrected chi connectivity index (χ2v) is 6.22. The fraction of sp³-hybridized carbons (Fsp3) is 0.316. The molecule has 26 heavy (non-hydrogen) atoms. The molecule has 3 rings (SSSR count). The van der Waals surface area contributed by atoms with Gasteiger partial charge < -0.3 is 9.64 Å². The third-order valence-corrected chi connectivity index (χ3v) is 4.35. The summed E-state index contributed by atoms with van der Waals surface area (Å²) in [6.45, 7) is 1.21. The Morgan fingerprint density at radius 1 is 1.23 bits per heavy atom. The van der Waals surface area contributed by atoms with E-state index in [-0.39, 0.29) is 29.7 Å². The number of halogens is 1. The first-order chi connectivity index (χ1) is 12.5. The molecule has 2 aromatic rings. The van der Waals surface area contributed by atoms with Crippen molar-refractivity contribution < 1.29 is 18.8 Å². The summed E-state index contributed by atoms with van der Waals surface area (Å²) in [6, 6.07) is 11.8. The summed E-state index contributed by atoms with van der Waals surface area (Å²) in [5.74, 6) is -0.790. The van der Waals surface area contributed by atoms with E-state index in [9.17, 15) is 19.3 Å². The summed E-state index contributed by atoms with van der Waals surface area (Å²) in [6.07, 6.45) is 1.67. The van der Waals surface area contributed by atoms with Crippen LogP contribution in [0.1, 0.15) is 28.8 Å². The van der Waals surface area contributed by atoms with Crippen LogP contribution in [0, 0.1) is 15.9 Å². The minimum absolute atomic E-state index is 0.0395. The fourth-order valence-corrected chi connectivity index (χ4v) is 3.05. The lowest BCUT2D eigenvalue weighted by atomic mass is 10.1. The number of hydrogen-bond donors (Lipinski definition) is 0. The Bertz CT molecular complexity index is 788. The molecule has 136 valence electrons. The quantitative estimate of drug-likeness (QED) is 0.585. The molecule has 0 bridgehead atoms. The minimum Gasteiger partial charge on any atom is -0.376 e. The highest BCUT2D eigenvalue weighted by Gasteiger charge is 2.27. The first kappa shape index (κ1) is 18.0. The van der Waals surface area contributed by atoms with Crippen LogP contribution in [0.15, 0.2) is 48.5 Å². The third kappa shape index (κ3) is 4.23. The van der Waals surface area contributed by atoms with E-state index in [1.807, 2.05) is 0 Å². The Morgan fingerprint density at radius 2 is 1.96 bits per heavy atom. The zero-order chi connectivity index (χ0) is 18.5. The van der Waals surface area contributed by atoms with Gasteiger partial charge in [-0.1, -0.05) is 24.3 Å². The van der Waals surface area contributed by atoms with Crippen molar-refractivity contribution in [3.05, 3.63) is 75.6 Å². The Morgan fingerprint density at radius 3 is 2.62 bits per heavy atom. The molecule has 1 heterocycles. The molecule has 1 aliphatic rings. The first-order valence-electron chi connectivity index (χ1n) is 8.43. The summed E-state index contributed by atoms with van der Waals surface area (Å²) in [7, 11) is 0. The number of rotatable bonds is 6. The molecule has 1 atom stereocenters. The van der Waals surface area contributed by atoms with Crippen LogP contribution in [-0.4, -0.2) is 35.0 Å². The Balaban J connectivity index is 1.87. The van der Waals surface area contributed by atoms with Gasteiger partial charge in [0.2, 0.25) is 0 Å². The summed E-state index contributed by atoms with van der Waals surface area (Å²) in [5, 5.41) is 11.3. The number of benzene rings is 2. The molecule has 0 aromatic heterocycles. The Hall–Kier alpha value is -2.80. The maximum absolute atomic E-state index is 13.1. The highest BCUT2D eigenvalue weighted by atomic mass is 19.1. The minimum atomic E-state index is -0.560. The standard InChI is InChI=1S/C19H19FN2O4/c20-15-9-7-14(8-10-15)12-21(13-16-4-3-11-26-16)19(23)17-5-1-2-6-18(17)22(24)25/h1-2,5-10,16H,3-4,11-13H2. The number of nitro groups is 1. The van der Waals surface area contributed by atoms with E-state index in [2.05, 4.69) is 0 Å². The number of carbonyl (C=O) groups is 1. The van der Waals surface area contributed by atoms with E-state index in [1.54, 1.807) is 18.2 Å². The first-order valence-corrected chi connectivity index (χ1v) is 8.43. The largest absolute Gasteiger partial charge is 0.376 e. The molecule has 0 spiro atoms. The molecule has 1 amide bonds. The lowest BCUT2D eigenvalue weighted by molar-refractivity contribution is -0.385. The van der Waals surface area contributed by atoms with Crippen molar-refractivity contribution in [3.8, 4) is 0 Å². The van der Waals surface area contributed by atoms with Gasteiger partial charge in [-0.05, 0) is 36.6 Å². The Labute approximate surface area is 150 Å². The van der Waals surface area contributed by atoms with Crippen molar-refractivity contribution in [2.45, 2.75) is 25.5 Å². The van der Waals surface area contributed by atoms with E-state index < -0.39 is 10.8 Å². The third-order valence-electron chi connectivity index (χ3n) is 4.35. The molecular formula is C19H19FN2O4. The maximum Gasteiger partial charge on any atom is 0.282 e. The predicted octanol–water partition coefficient (Wildman–Crippen LogP) is 3.56. The van der Waals surface area contributed by atoms with Crippen molar-refractivity contribution >= 4 is 11.6 Å². The molecule has 0 radical (unpaired) electrons. The van der Waals surface area contributed by atoms with E-state index in [1.165, 1.54) is 35.2 Å². The number of ether oxygens (including phenoxy) is 1. The summed E-state index contributed by atoms with van der Waals surface area (Å²) in [4.78, 5) is 25.3. The molecule has 1 unspecified atom stereocenters. The lowest BCUT2D eigenvalue weighted by Crippen LogP contribution is -2.37. The summed E-state index contributed by atoms with van der Waals surface area (Å²) >= 11 is 0. The van der Waals surface area contributed by atoms with Crippen LogP contribution in [0.3, 0.4) is 0 Å². The number of para-hydroxylation sites is 1. The lowest BCUT2D eigenvalue weighted by Gasteiger charge is -2.25. The number of carbonyl (C=O) groups excluding carboxylic acids is 1. The smallest absolute Gasteiger partial charge is 0.282 e. The van der Waals surface area contributed by atoms with Crippen LogP contribution in [0.5, 0.6) is 0 Å². The van der Waals surface area contributed by atoms with Crippen molar-refractivity contribution in [2.24, 2.45) is 0 Å². The van der Waals surface area contributed by atoms with Crippen LogP contribution in [0.4, 0.5) is 10.1 Å². The summed E-state index contributed by atoms with van der Waals surface area (Å²) in [5.41, 5.74) is 0.558. The summed E-state index contributed by atoms with van der Waals surface area (Å²) < 4.78 is 18.8. The fourth-order valence-electron chi connectivity index (χ4n) is 3.05. The average Bonchev–Trinajstić information content (AvgIpc) is 3.15. The van der Waals surface area contributed by atoms with Crippen molar-refractivity contribution in [2.75, 3.05) is 13.2 Å². The normalized spacial score (nSPS) is 16.4. The number of amides is 1. The van der Waals surface area contributed by atoms with Gasteiger partial charge >= 0.3 is 0 Å². The van der Waals surface area contributed by atoms with Crippen LogP contribution >= 0.6 is 0 Å². The zero-order valence-electron chi connectivity index (χ0n) is 14.1. The SMILES string of the molecule is O=C(c1ccccc1[N+](=O)[O-])N(Cc1ccc(F)cc1)CC1CCCO1. The van der Waals surface area contributed by atoms with Gasteiger partial charge in [0.1, 0.15) is 11.4 Å². The second-order valence-electron chi connectivity index (χ2n) is 6.22. The van der Waals surface area contributed by atoms with Gasteiger partial charge in [0.25, 0.3) is 11.6 Å². The molecule has 1 saturated heterocycles. The monoisotopic (exact) mass is 358 g/mol. The van der Waals surface area contributed by atoms with Crippen LogP contribution in [0.2, 0.25) is 0 Å². The van der Waals surface area contributed by atoms with Gasteiger partial charge in [-0.3, -0.25) is 14.9 Å². The van der Waals surface area contributed by atoms with E-state index >= 15 is 0 Å².